The van der Waals surface area contributed by atoms with Crippen LogP contribution in [-0.4, -0.2) is 66.8 Å². The fraction of sp³-hybridized carbons (Fsp3) is 0.286. The molecule has 0 saturated carbocycles. The third kappa shape index (κ3) is 7.59. The Hall–Kier alpha value is -3.31. The quantitative estimate of drug-likeness (QED) is 0.298. The Labute approximate surface area is 211 Å². The first-order chi connectivity index (χ1) is 16.7. The van der Waals surface area contributed by atoms with Crippen molar-refractivity contribution < 1.29 is 24.2 Å². The molecule has 2 N–H and O–H groups in total. The fourth-order valence-electron chi connectivity index (χ4n) is 3.84. The molecule has 0 spiro atoms. The van der Waals surface area contributed by atoms with Crippen LogP contribution in [0.15, 0.2) is 71.6 Å². The van der Waals surface area contributed by atoms with E-state index in [-0.39, 0.29) is 12.2 Å². The van der Waals surface area contributed by atoms with Crippen molar-refractivity contribution in [3.63, 3.8) is 0 Å². The second-order valence-electron chi connectivity index (χ2n) is 9.11. The van der Waals surface area contributed by atoms with E-state index in [9.17, 15) is 15.2 Å². The summed E-state index contributed by atoms with van der Waals surface area (Å²) in [5, 5.41) is 29.2. The first kappa shape index (κ1) is 26.3. The van der Waals surface area contributed by atoms with Crippen LogP contribution >= 0.6 is 11.8 Å². The van der Waals surface area contributed by atoms with Gasteiger partial charge in [-0.2, -0.15) is 5.26 Å². The average Bonchev–Trinajstić information content (AvgIpc) is 2.86. The Kier molecular flexibility index (Phi) is 8.94. The van der Waals surface area contributed by atoms with Crippen molar-refractivity contribution in [1.82, 2.24) is 0 Å². The van der Waals surface area contributed by atoms with E-state index in [2.05, 4.69) is 50.7 Å². The number of rotatable bonds is 11. The molecule has 35 heavy (non-hydrogen) atoms. The number of aliphatic hydroxyl groups excluding tert-OH is 1. The van der Waals surface area contributed by atoms with E-state index in [1.165, 1.54) is 22.6 Å². The van der Waals surface area contributed by atoms with Gasteiger partial charge in [0.15, 0.2) is 0 Å². The second-order valence-corrected chi connectivity index (χ2v) is 9.99. The Morgan fingerprint density at radius 3 is 2.31 bits per heavy atom. The van der Waals surface area contributed by atoms with Gasteiger partial charge in [-0.15, -0.1) is 11.8 Å². The summed E-state index contributed by atoms with van der Waals surface area (Å²) in [6.07, 6.45) is 2.28. The number of aliphatic hydroxyl groups is 1. The lowest BCUT2D eigenvalue weighted by Crippen LogP contribution is -2.48. The predicted octanol–water partition coefficient (Wildman–Crippen LogP) is 4.70. The van der Waals surface area contributed by atoms with Crippen molar-refractivity contribution >= 4 is 17.7 Å². The lowest BCUT2D eigenvalue weighted by atomic mass is 10.0. The lowest BCUT2D eigenvalue weighted by molar-refractivity contribution is -0.893. The number of likely N-dealkylation sites (N-methyl/N-ethyl adjacent to an activating group) is 1. The van der Waals surface area contributed by atoms with E-state index in [1.807, 2.05) is 0 Å². The fourth-order valence-corrected chi connectivity index (χ4v) is 4.25. The van der Waals surface area contributed by atoms with E-state index >= 15 is 0 Å². The van der Waals surface area contributed by atoms with Crippen LogP contribution in [0, 0.1) is 11.3 Å². The van der Waals surface area contributed by atoms with Crippen molar-refractivity contribution in [2.24, 2.45) is 0 Å². The number of hydrogen-bond donors (Lipinski definition) is 2. The first-order valence-corrected chi connectivity index (χ1v) is 12.6. The monoisotopic (exact) mass is 491 g/mol. The summed E-state index contributed by atoms with van der Waals surface area (Å²) in [7, 11) is 4.17. The van der Waals surface area contributed by atoms with Gasteiger partial charge in [0.25, 0.3) is 0 Å². The molecular weight excluding hydrogens is 460 g/mol. The van der Waals surface area contributed by atoms with Gasteiger partial charge < -0.3 is 19.4 Å². The molecule has 0 bridgehead atoms. The Bertz CT molecular complexity index is 1190. The number of carboxylic acid groups (broad SMARTS) is 1. The van der Waals surface area contributed by atoms with Crippen molar-refractivity contribution in [3.8, 4) is 22.9 Å². The molecule has 0 amide bonds. The van der Waals surface area contributed by atoms with Gasteiger partial charge in [0.05, 0.1) is 31.8 Å². The first-order valence-electron chi connectivity index (χ1n) is 11.3. The Morgan fingerprint density at radius 2 is 1.71 bits per heavy atom. The molecule has 182 valence electrons. The molecule has 0 saturated heterocycles. The highest BCUT2D eigenvalue weighted by Crippen LogP contribution is 2.28. The van der Waals surface area contributed by atoms with Crippen LogP contribution in [0.4, 0.5) is 0 Å². The molecule has 3 aromatic rings. The smallest absolute Gasteiger partial charge is 0.335 e. The molecule has 3 aromatic carbocycles. The molecule has 7 heteroatoms. The summed E-state index contributed by atoms with van der Waals surface area (Å²) in [5.41, 5.74) is 3.47. The zero-order valence-electron chi connectivity index (χ0n) is 20.3. The zero-order valence-corrected chi connectivity index (χ0v) is 21.1. The maximum atomic E-state index is 11.1. The molecule has 0 heterocycles. The molecule has 6 nitrogen and oxygen atoms in total. The number of aromatic carboxylic acids is 1. The minimum Gasteiger partial charge on any atom is -0.489 e. The van der Waals surface area contributed by atoms with Crippen LogP contribution in [0.25, 0.3) is 11.1 Å². The van der Waals surface area contributed by atoms with E-state index < -0.39 is 12.1 Å². The van der Waals surface area contributed by atoms with Gasteiger partial charge in [-0.25, -0.2) is 4.79 Å². The molecule has 0 aromatic heterocycles. The van der Waals surface area contributed by atoms with Gasteiger partial charge in [-0.05, 0) is 59.3 Å². The van der Waals surface area contributed by atoms with E-state index in [1.54, 1.807) is 42.1 Å². The molecule has 3 rings (SSSR count). The largest absolute Gasteiger partial charge is 0.489 e. The van der Waals surface area contributed by atoms with Gasteiger partial charge in [0.1, 0.15) is 31.1 Å². The molecular formula is C28H31N2O4S+. The summed E-state index contributed by atoms with van der Waals surface area (Å²) < 4.78 is 6.50. The van der Waals surface area contributed by atoms with Crippen molar-refractivity contribution in [1.29, 1.82) is 5.26 Å². The Balaban J connectivity index is 1.60. The number of carbonyl (C=O) groups is 1. The van der Waals surface area contributed by atoms with Gasteiger partial charge in [0.2, 0.25) is 0 Å². The molecule has 1 atom stereocenters. The third-order valence-corrected chi connectivity index (χ3v) is 6.61. The number of nitrogens with zero attached hydrogens (tertiary/aromatic N) is 2. The maximum Gasteiger partial charge on any atom is 0.335 e. The Morgan fingerprint density at radius 1 is 1.06 bits per heavy atom. The maximum absolute atomic E-state index is 11.1. The molecule has 0 aliphatic rings. The highest BCUT2D eigenvalue weighted by atomic mass is 32.2. The lowest BCUT2D eigenvalue weighted by Gasteiger charge is -2.32. The van der Waals surface area contributed by atoms with Crippen LogP contribution in [0.1, 0.15) is 21.5 Å². The number of hydrogen-bond acceptors (Lipinski definition) is 5. The number of nitriles is 1. The van der Waals surface area contributed by atoms with Crippen LogP contribution in [-0.2, 0) is 6.42 Å². The number of carboxylic acids is 1. The van der Waals surface area contributed by atoms with Gasteiger partial charge in [-0.1, -0.05) is 30.3 Å². The topological polar surface area (TPSA) is 90.6 Å². The molecule has 0 aliphatic carbocycles. The number of thioether (sulfide) groups is 1. The van der Waals surface area contributed by atoms with E-state index in [4.69, 9.17) is 9.84 Å². The summed E-state index contributed by atoms with van der Waals surface area (Å²) in [4.78, 5) is 12.3. The number of benzene rings is 3. The van der Waals surface area contributed by atoms with Crippen molar-refractivity contribution in [3.05, 3.63) is 83.4 Å². The summed E-state index contributed by atoms with van der Waals surface area (Å²) >= 11 is 1.72. The van der Waals surface area contributed by atoms with E-state index in [0.717, 1.165) is 24.1 Å². The normalized spacial score (nSPS) is 12.1. The van der Waals surface area contributed by atoms with Crippen LogP contribution in [0.5, 0.6) is 5.75 Å². The van der Waals surface area contributed by atoms with E-state index in [0.29, 0.717) is 22.3 Å². The average molecular weight is 492 g/mol. The number of quaternary nitrogens is 1. The minimum absolute atomic E-state index is 0.0696. The predicted molar refractivity (Wildman–Crippen MR) is 139 cm³/mol. The SMILES string of the molecule is CSc1ccc(CC[N+](C)(C)C[C@@H](O)COc2cc(-c3ccc(C(=O)O)cc3)ccc2C#N)cc1. The zero-order chi connectivity index (χ0) is 25.4. The molecule has 0 aliphatic heterocycles. The standard InChI is InChI=1S/C28H30N2O4S/c1-30(2,15-14-20-4-12-26(35-3)13-5-20)18-25(31)19-34-27-16-23(10-11-24(27)17-29)21-6-8-22(9-7-21)28(32)33/h4-13,16,25,31H,14-15,18-19H2,1-3H3/p+1/t25-/m1/s1. The van der Waals surface area contributed by atoms with Gasteiger partial charge >= 0.3 is 5.97 Å². The van der Waals surface area contributed by atoms with Crippen LogP contribution in [0.2, 0.25) is 0 Å². The van der Waals surface area contributed by atoms with Crippen LogP contribution in [0.3, 0.4) is 0 Å². The summed E-state index contributed by atoms with van der Waals surface area (Å²) in [6.45, 7) is 1.46. The van der Waals surface area contributed by atoms with Crippen molar-refractivity contribution in [2.75, 3.05) is 40.0 Å². The third-order valence-electron chi connectivity index (χ3n) is 5.87. The minimum atomic E-state index is -0.982. The molecule has 0 unspecified atom stereocenters. The second kappa shape index (κ2) is 11.9. The van der Waals surface area contributed by atoms with Crippen molar-refractivity contribution in [2.45, 2.75) is 17.4 Å². The summed E-state index contributed by atoms with van der Waals surface area (Å²) in [5.74, 6) is -0.588. The highest BCUT2D eigenvalue weighted by Gasteiger charge is 2.21. The van der Waals surface area contributed by atoms with Gasteiger partial charge in [-0.3, -0.25) is 0 Å². The molecule has 0 fully saturated rings. The van der Waals surface area contributed by atoms with Gasteiger partial charge in [0, 0.05) is 11.3 Å². The number of ether oxygens (including phenoxy) is 1. The molecule has 0 radical (unpaired) electrons. The van der Waals surface area contributed by atoms with Crippen LogP contribution < -0.4 is 4.74 Å². The summed E-state index contributed by atoms with van der Waals surface area (Å²) in [6, 6.07) is 22.4. The highest BCUT2D eigenvalue weighted by molar-refractivity contribution is 7.98.